The van der Waals surface area contributed by atoms with E-state index >= 15 is 0 Å². The average molecular weight is 267 g/mol. The lowest BCUT2D eigenvalue weighted by Gasteiger charge is -2.38. The molecule has 7 nitrogen and oxygen atoms in total. The van der Waals surface area contributed by atoms with Crippen molar-refractivity contribution in [3.8, 4) is 5.75 Å². The highest BCUT2D eigenvalue weighted by molar-refractivity contribution is 5.79. The van der Waals surface area contributed by atoms with Gasteiger partial charge >= 0.3 is 5.97 Å². The van der Waals surface area contributed by atoms with Crippen LogP contribution >= 0.6 is 0 Å². The molecule has 1 fully saturated rings. The number of nitrogens with one attached hydrogen (secondary N) is 1. The number of anilines is 1. The molecule has 2 atom stereocenters. The Morgan fingerprint density at radius 1 is 1.63 bits per heavy atom. The largest absolute Gasteiger partial charge is 0.489 e. The molecular formula is C12H17N3O4. The van der Waals surface area contributed by atoms with Crippen LogP contribution in [-0.4, -0.2) is 40.7 Å². The smallest absolute Gasteiger partial charge is 0.326 e. The van der Waals surface area contributed by atoms with E-state index in [1.807, 2.05) is 6.92 Å². The number of carbonyl (C=O) groups is 1. The fraction of sp³-hybridized carbons (Fsp3) is 0.583. The van der Waals surface area contributed by atoms with E-state index in [9.17, 15) is 14.7 Å². The Balaban J connectivity index is 2.47. The molecule has 0 spiro atoms. The molecule has 0 aliphatic carbocycles. The molecule has 0 radical (unpaired) electrons. The number of nitrogens with zero attached hydrogens (tertiary/aromatic N) is 2. The lowest BCUT2D eigenvalue weighted by Crippen LogP contribution is -2.50. The van der Waals surface area contributed by atoms with Crippen LogP contribution in [0, 0.1) is 5.92 Å². The Kier molecular flexibility index (Phi) is 3.73. The highest BCUT2D eigenvalue weighted by Gasteiger charge is 2.36. The molecule has 2 unspecified atom stereocenters. The number of carboxylic acids is 1. The highest BCUT2D eigenvalue weighted by Crippen LogP contribution is 2.31. The molecule has 0 amide bonds. The van der Waals surface area contributed by atoms with E-state index in [1.54, 1.807) is 4.90 Å². The molecule has 1 saturated heterocycles. The van der Waals surface area contributed by atoms with E-state index in [1.165, 1.54) is 13.4 Å². The predicted molar refractivity (Wildman–Crippen MR) is 68.6 cm³/mol. The average Bonchev–Trinajstić information content (AvgIpc) is 2.37. The Morgan fingerprint density at radius 2 is 2.37 bits per heavy atom. The number of hydrogen-bond acceptors (Lipinski definition) is 5. The van der Waals surface area contributed by atoms with Gasteiger partial charge in [-0.05, 0) is 18.8 Å². The standard InChI is InChI=1S/C12H17N3O4/c1-7-4-3-5-15(8(7)12(17)18)10-9(19-2)11(16)14-6-13-10/h6-8H,3-5H2,1-2H3,(H,17,18)(H,13,14,16). The quantitative estimate of drug-likeness (QED) is 0.826. The maximum Gasteiger partial charge on any atom is 0.326 e. The maximum atomic E-state index is 11.7. The van der Waals surface area contributed by atoms with Crippen molar-refractivity contribution in [1.29, 1.82) is 0 Å². The fourth-order valence-corrected chi connectivity index (χ4v) is 2.57. The van der Waals surface area contributed by atoms with Gasteiger partial charge in [0.2, 0.25) is 5.75 Å². The topological polar surface area (TPSA) is 95.5 Å². The summed E-state index contributed by atoms with van der Waals surface area (Å²) in [7, 11) is 1.37. The van der Waals surface area contributed by atoms with Crippen molar-refractivity contribution in [2.24, 2.45) is 5.92 Å². The Hall–Kier alpha value is -2.05. The van der Waals surface area contributed by atoms with Crippen molar-refractivity contribution < 1.29 is 14.6 Å². The van der Waals surface area contributed by atoms with Crippen molar-refractivity contribution in [3.05, 3.63) is 16.7 Å². The van der Waals surface area contributed by atoms with Crippen LogP contribution in [0.3, 0.4) is 0 Å². The first kappa shape index (κ1) is 13.4. The Morgan fingerprint density at radius 3 is 3.00 bits per heavy atom. The lowest BCUT2D eigenvalue weighted by molar-refractivity contribution is -0.140. The van der Waals surface area contributed by atoms with Crippen molar-refractivity contribution in [2.45, 2.75) is 25.8 Å². The minimum absolute atomic E-state index is 0.00274. The maximum absolute atomic E-state index is 11.7. The van der Waals surface area contributed by atoms with E-state index < -0.39 is 17.6 Å². The molecule has 2 rings (SSSR count). The third-order valence-corrected chi connectivity index (χ3v) is 3.45. The number of H-pyrrole nitrogens is 1. The van der Waals surface area contributed by atoms with E-state index in [2.05, 4.69) is 9.97 Å². The van der Waals surface area contributed by atoms with Gasteiger partial charge < -0.3 is 19.7 Å². The molecule has 7 heteroatoms. The number of aromatic nitrogens is 2. The number of aliphatic carboxylic acids is 1. The van der Waals surface area contributed by atoms with Crippen molar-refractivity contribution in [3.63, 3.8) is 0 Å². The van der Waals surface area contributed by atoms with Crippen LogP contribution < -0.4 is 15.2 Å². The first-order valence-electron chi connectivity index (χ1n) is 6.17. The van der Waals surface area contributed by atoms with Crippen LogP contribution in [-0.2, 0) is 4.79 Å². The zero-order chi connectivity index (χ0) is 14.0. The summed E-state index contributed by atoms with van der Waals surface area (Å²) in [5.74, 6) is -0.554. The zero-order valence-corrected chi connectivity index (χ0v) is 10.9. The van der Waals surface area contributed by atoms with Crippen molar-refractivity contribution in [1.82, 2.24) is 9.97 Å². The summed E-state index contributed by atoms with van der Waals surface area (Å²) in [6, 6.07) is -0.683. The van der Waals surface area contributed by atoms with Crippen LogP contribution in [0.2, 0.25) is 0 Å². The van der Waals surface area contributed by atoms with E-state index in [0.717, 1.165) is 12.8 Å². The number of rotatable bonds is 3. The third kappa shape index (κ3) is 2.40. The van der Waals surface area contributed by atoms with Gasteiger partial charge in [-0.1, -0.05) is 6.92 Å². The van der Waals surface area contributed by atoms with Gasteiger partial charge in [-0.25, -0.2) is 9.78 Å². The van der Waals surface area contributed by atoms with Gasteiger partial charge in [0.25, 0.3) is 5.56 Å². The first-order valence-corrected chi connectivity index (χ1v) is 6.17. The second kappa shape index (κ2) is 5.29. The van der Waals surface area contributed by atoms with Gasteiger partial charge in [0.05, 0.1) is 13.4 Å². The molecule has 0 aromatic carbocycles. The number of ether oxygens (including phenoxy) is 1. The fourth-order valence-electron chi connectivity index (χ4n) is 2.57. The number of piperidine rings is 1. The summed E-state index contributed by atoms with van der Waals surface area (Å²) >= 11 is 0. The van der Waals surface area contributed by atoms with E-state index in [0.29, 0.717) is 12.4 Å². The molecule has 2 N–H and O–H groups in total. The molecule has 1 aromatic rings. The van der Waals surface area contributed by atoms with Crippen LogP contribution in [0.25, 0.3) is 0 Å². The molecular weight excluding hydrogens is 250 g/mol. The second-order valence-electron chi connectivity index (χ2n) is 4.68. The minimum Gasteiger partial charge on any atom is -0.489 e. The van der Waals surface area contributed by atoms with Crippen LogP contribution in [0.15, 0.2) is 11.1 Å². The van der Waals surface area contributed by atoms with Crippen LogP contribution in [0.1, 0.15) is 19.8 Å². The molecule has 1 aliphatic heterocycles. The summed E-state index contributed by atoms with van der Waals surface area (Å²) in [6.45, 7) is 2.44. The summed E-state index contributed by atoms with van der Waals surface area (Å²) in [5.41, 5.74) is -0.408. The molecule has 19 heavy (non-hydrogen) atoms. The molecule has 0 saturated carbocycles. The number of hydrogen-bond donors (Lipinski definition) is 2. The predicted octanol–water partition coefficient (Wildman–Crippen LogP) is 0.468. The number of carboxylic acid groups (broad SMARTS) is 1. The zero-order valence-electron chi connectivity index (χ0n) is 10.9. The second-order valence-corrected chi connectivity index (χ2v) is 4.68. The van der Waals surface area contributed by atoms with E-state index in [-0.39, 0.29) is 11.7 Å². The highest BCUT2D eigenvalue weighted by atomic mass is 16.5. The Labute approximate surface area is 110 Å². The minimum atomic E-state index is -0.906. The number of aromatic amines is 1. The van der Waals surface area contributed by atoms with Gasteiger partial charge in [0.15, 0.2) is 5.82 Å². The van der Waals surface area contributed by atoms with Gasteiger partial charge in [-0.15, -0.1) is 0 Å². The van der Waals surface area contributed by atoms with Gasteiger partial charge in [-0.3, -0.25) is 4.79 Å². The monoisotopic (exact) mass is 267 g/mol. The molecule has 1 aliphatic rings. The normalized spacial score (nSPS) is 23.2. The third-order valence-electron chi connectivity index (χ3n) is 3.45. The van der Waals surface area contributed by atoms with Gasteiger partial charge in [0, 0.05) is 6.54 Å². The number of methoxy groups -OCH3 is 1. The van der Waals surface area contributed by atoms with Crippen molar-refractivity contribution >= 4 is 11.8 Å². The Bertz CT molecular complexity index is 528. The summed E-state index contributed by atoms with van der Waals surface area (Å²) < 4.78 is 5.05. The van der Waals surface area contributed by atoms with Crippen molar-refractivity contribution in [2.75, 3.05) is 18.6 Å². The summed E-state index contributed by atoms with van der Waals surface area (Å²) in [4.78, 5) is 31.3. The van der Waals surface area contributed by atoms with Crippen LogP contribution in [0.4, 0.5) is 5.82 Å². The summed E-state index contributed by atoms with van der Waals surface area (Å²) in [5, 5.41) is 9.38. The molecule has 104 valence electrons. The van der Waals surface area contributed by atoms with E-state index in [4.69, 9.17) is 4.74 Å². The van der Waals surface area contributed by atoms with Gasteiger partial charge in [-0.2, -0.15) is 0 Å². The molecule has 2 heterocycles. The lowest BCUT2D eigenvalue weighted by atomic mass is 9.91. The van der Waals surface area contributed by atoms with Gasteiger partial charge in [0.1, 0.15) is 6.04 Å². The summed E-state index contributed by atoms with van der Waals surface area (Å²) in [6.07, 6.45) is 2.97. The van der Waals surface area contributed by atoms with Crippen LogP contribution in [0.5, 0.6) is 5.75 Å². The first-order chi connectivity index (χ1) is 9.06. The molecule has 0 bridgehead atoms. The SMILES string of the molecule is COc1c(N2CCCC(C)C2C(=O)O)nc[nH]c1=O. The molecule has 1 aromatic heterocycles.